The zero-order valence-electron chi connectivity index (χ0n) is 12.7. The minimum atomic E-state index is -0.432. The van der Waals surface area contributed by atoms with Crippen LogP contribution in [0.15, 0.2) is 34.7 Å². The highest BCUT2D eigenvalue weighted by atomic mass is 35.5. The van der Waals surface area contributed by atoms with Gasteiger partial charge in [0, 0.05) is 0 Å². The van der Waals surface area contributed by atoms with E-state index >= 15 is 0 Å². The summed E-state index contributed by atoms with van der Waals surface area (Å²) in [6.07, 6.45) is 0. The van der Waals surface area contributed by atoms with Crippen molar-refractivity contribution in [2.24, 2.45) is 0 Å². The minimum absolute atomic E-state index is 0.153. The number of hydrogen-bond acceptors (Lipinski definition) is 5. The Morgan fingerprint density at radius 1 is 1.35 bits per heavy atom. The molecule has 1 N–H and O–H groups in total. The third-order valence-electron chi connectivity index (χ3n) is 3.00. The number of methoxy groups -OCH3 is 1. The van der Waals surface area contributed by atoms with Crippen molar-refractivity contribution < 1.29 is 18.7 Å². The topological polar surface area (TPSA) is 68.5 Å². The van der Waals surface area contributed by atoms with Gasteiger partial charge in [-0.25, -0.2) is 4.79 Å². The summed E-state index contributed by atoms with van der Waals surface area (Å²) in [6, 6.07) is 8.69. The van der Waals surface area contributed by atoms with Gasteiger partial charge in [0.25, 0.3) is 0 Å². The number of carbonyl (C=O) groups is 2. The van der Waals surface area contributed by atoms with Gasteiger partial charge in [-0.2, -0.15) is 0 Å². The molecule has 2 rings (SSSR count). The Morgan fingerprint density at radius 2 is 2.09 bits per heavy atom. The molecule has 0 aliphatic rings. The molecule has 1 aromatic carbocycles. The van der Waals surface area contributed by atoms with E-state index in [1.165, 1.54) is 18.9 Å². The lowest BCUT2D eigenvalue weighted by Crippen LogP contribution is -2.14. The molecule has 0 aliphatic heterocycles. The number of furan rings is 1. The van der Waals surface area contributed by atoms with Crippen molar-refractivity contribution in [1.29, 1.82) is 0 Å². The molecule has 0 spiro atoms. The van der Waals surface area contributed by atoms with Gasteiger partial charge in [-0.05, 0) is 25.1 Å². The van der Waals surface area contributed by atoms with Crippen molar-refractivity contribution in [2.75, 3.05) is 18.2 Å². The van der Waals surface area contributed by atoms with E-state index in [0.29, 0.717) is 33.5 Å². The Balaban J connectivity index is 1.84. The number of aryl methyl sites for hydroxylation is 1. The van der Waals surface area contributed by atoms with Gasteiger partial charge in [0.1, 0.15) is 17.1 Å². The van der Waals surface area contributed by atoms with Crippen molar-refractivity contribution in [3.8, 4) is 0 Å². The number of thioether (sulfide) groups is 1. The number of halogens is 1. The van der Waals surface area contributed by atoms with E-state index in [1.54, 1.807) is 37.3 Å². The van der Waals surface area contributed by atoms with E-state index in [1.807, 2.05) is 0 Å². The van der Waals surface area contributed by atoms with Gasteiger partial charge in [-0.15, -0.1) is 11.8 Å². The molecule has 0 aliphatic carbocycles. The molecule has 0 atom stereocenters. The van der Waals surface area contributed by atoms with Gasteiger partial charge in [0.2, 0.25) is 5.91 Å². The van der Waals surface area contributed by atoms with Crippen LogP contribution in [0.3, 0.4) is 0 Å². The number of rotatable bonds is 6. The molecule has 1 aromatic heterocycles. The highest BCUT2D eigenvalue weighted by molar-refractivity contribution is 7.99. The number of amides is 1. The lowest BCUT2D eigenvalue weighted by molar-refractivity contribution is -0.113. The van der Waals surface area contributed by atoms with Crippen molar-refractivity contribution in [2.45, 2.75) is 12.7 Å². The molecular weight excluding hydrogens is 338 g/mol. The Labute approximate surface area is 143 Å². The first-order valence-electron chi connectivity index (χ1n) is 6.81. The average Bonchev–Trinajstić information content (AvgIpc) is 2.89. The summed E-state index contributed by atoms with van der Waals surface area (Å²) in [5.74, 6) is 1.27. The van der Waals surface area contributed by atoms with Crippen LogP contribution in [0, 0.1) is 6.92 Å². The van der Waals surface area contributed by atoms with E-state index < -0.39 is 5.97 Å². The lowest BCUT2D eigenvalue weighted by Gasteiger charge is -2.06. The molecule has 122 valence electrons. The fraction of sp³-hybridized carbons (Fsp3) is 0.250. The van der Waals surface area contributed by atoms with Crippen LogP contribution in [0.5, 0.6) is 0 Å². The molecule has 0 saturated heterocycles. The van der Waals surface area contributed by atoms with E-state index in [4.69, 9.17) is 16.0 Å². The molecule has 1 heterocycles. The summed E-state index contributed by atoms with van der Waals surface area (Å²) < 4.78 is 10.2. The van der Waals surface area contributed by atoms with Gasteiger partial charge < -0.3 is 14.5 Å². The predicted molar refractivity (Wildman–Crippen MR) is 91.0 cm³/mol. The number of benzene rings is 1. The Morgan fingerprint density at radius 3 is 2.78 bits per heavy atom. The second-order valence-corrected chi connectivity index (χ2v) is 6.09. The van der Waals surface area contributed by atoms with E-state index in [9.17, 15) is 9.59 Å². The summed E-state index contributed by atoms with van der Waals surface area (Å²) >= 11 is 7.36. The number of hydrogen-bond donors (Lipinski definition) is 1. The third kappa shape index (κ3) is 4.77. The van der Waals surface area contributed by atoms with E-state index in [2.05, 4.69) is 10.1 Å². The molecular formula is C16H16ClNO4S. The van der Waals surface area contributed by atoms with Crippen LogP contribution in [-0.2, 0) is 15.3 Å². The monoisotopic (exact) mass is 353 g/mol. The molecule has 5 nitrogen and oxygen atoms in total. The van der Waals surface area contributed by atoms with Gasteiger partial charge in [-0.1, -0.05) is 23.7 Å². The number of ether oxygens (including phenoxy) is 1. The highest BCUT2D eigenvalue weighted by Gasteiger charge is 2.15. The maximum absolute atomic E-state index is 11.9. The first-order valence-corrected chi connectivity index (χ1v) is 8.34. The highest BCUT2D eigenvalue weighted by Crippen LogP contribution is 2.22. The molecule has 0 radical (unpaired) electrons. The molecule has 2 aromatic rings. The second kappa shape index (κ2) is 8.08. The van der Waals surface area contributed by atoms with Crippen molar-refractivity contribution in [1.82, 2.24) is 0 Å². The Kier molecular flexibility index (Phi) is 6.12. The van der Waals surface area contributed by atoms with Gasteiger partial charge in [0.05, 0.1) is 29.3 Å². The predicted octanol–water partition coefficient (Wildman–Crippen LogP) is 3.90. The fourth-order valence-electron chi connectivity index (χ4n) is 1.92. The second-order valence-electron chi connectivity index (χ2n) is 4.69. The molecule has 1 amide bonds. The lowest BCUT2D eigenvalue weighted by atomic mass is 10.2. The van der Waals surface area contributed by atoms with Crippen molar-refractivity contribution in [3.63, 3.8) is 0 Å². The first kappa shape index (κ1) is 17.4. The molecule has 0 bridgehead atoms. The first-order chi connectivity index (χ1) is 11.0. The van der Waals surface area contributed by atoms with Crippen molar-refractivity contribution >= 4 is 40.9 Å². The average molecular weight is 354 g/mol. The maximum Gasteiger partial charge on any atom is 0.341 e. The van der Waals surface area contributed by atoms with Crippen LogP contribution in [0.1, 0.15) is 21.9 Å². The number of carbonyl (C=O) groups excluding carboxylic acids is 2. The smallest absolute Gasteiger partial charge is 0.341 e. The maximum atomic E-state index is 11.9. The van der Waals surface area contributed by atoms with Crippen LogP contribution >= 0.6 is 23.4 Å². The molecule has 0 saturated carbocycles. The SMILES string of the molecule is COC(=O)c1cc(CSCC(=O)Nc2ccccc2Cl)oc1C. The third-order valence-corrected chi connectivity index (χ3v) is 4.28. The molecule has 0 fully saturated rings. The summed E-state index contributed by atoms with van der Waals surface area (Å²) in [7, 11) is 1.32. The molecule has 7 heteroatoms. The number of nitrogens with one attached hydrogen (secondary N) is 1. The van der Waals surface area contributed by atoms with Crippen molar-refractivity contribution in [3.05, 3.63) is 52.4 Å². The Bertz CT molecular complexity index is 714. The molecule has 23 heavy (non-hydrogen) atoms. The van der Waals surface area contributed by atoms with Crippen LogP contribution in [0.4, 0.5) is 5.69 Å². The summed E-state index contributed by atoms with van der Waals surface area (Å²) in [5.41, 5.74) is 0.991. The number of para-hydroxylation sites is 1. The van der Waals surface area contributed by atoms with Gasteiger partial charge in [0.15, 0.2) is 0 Å². The summed E-state index contributed by atoms with van der Waals surface area (Å²) in [5, 5.41) is 3.24. The normalized spacial score (nSPS) is 10.4. The molecule has 0 unspecified atom stereocenters. The fourth-order valence-corrected chi connectivity index (χ4v) is 2.81. The van der Waals surface area contributed by atoms with Crippen LogP contribution in [-0.4, -0.2) is 24.7 Å². The number of esters is 1. The van der Waals surface area contributed by atoms with Crippen LogP contribution in [0.2, 0.25) is 5.02 Å². The van der Waals surface area contributed by atoms with Crippen LogP contribution < -0.4 is 5.32 Å². The largest absolute Gasteiger partial charge is 0.465 e. The minimum Gasteiger partial charge on any atom is -0.465 e. The van der Waals surface area contributed by atoms with E-state index in [-0.39, 0.29) is 11.7 Å². The van der Waals surface area contributed by atoms with Gasteiger partial charge >= 0.3 is 5.97 Å². The van der Waals surface area contributed by atoms with Gasteiger partial charge in [-0.3, -0.25) is 4.79 Å². The summed E-state index contributed by atoms with van der Waals surface area (Å²) in [6.45, 7) is 1.70. The van der Waals surface area contributed by atoms with E-state index in [0.717, 1.165) is 0 Å². The zero-order valence-corrected chi connectivity index (χ0v) is 14.3. The standard InChI is InChI=1S/C16H16ClNO4S/c1-10-12(16(20)21-2)7-11(22-10)8-23-9-15(19)18-14-6-4-3-5-13(14)17/h3-7H,8-9H2,1-2H3,(H,18,19). The summed E-state index contributed by atoms with van der Waals surface area (Å²) in [4.78, 5) is 23.4. The zero-order chi connectivity index (χ0) is 16.8. The quantitative estimate of drug-likeness (QED) is 0.797. The van der Waals surface area contributed by atoms with Crippen LogP contribution in [0.25, 0.3) is 0 Å². The number of anilines is 1. The Hall–Kier alpha value is -1.92.